The van der Waals surface area contributed by atoms with Gasteiger partial charge in [0, 0.05) is 57.3 Å². The highest BCUT2D eigenvalue weighted by Crippen LogP contribution is 2.35. The molecule has 59 heavy (non-hydrogen) atoms. The number of nitrogens with one attached hydrogen (secondary N) is 1. The third kappa shape index (κ3) is 12.8. The van der Waals surface area contributed by atoms with E-state index in [9.17, 15) is 29.4 Å². The lowest BCUT2D eigenvalue weighted by Gasteiger charge is -2.43. The summed E-state index contributed by atoms with van der Waals surface area (Å²) in [7, 11) is 0. The molecule has 2 aliphatic heterocycles. The molecule has 4 heterocycles. The number of imidazole rings is 1. The molecule has 2 aromatic heterocycles. The molecular formula is C40H55N5O14. The van der Waals surface area contributed by atoms with Crippen LogP contribution in [0.5, 0.6) is 0 Å². The second-order valence-electron chi connectivity index (χ2n) is 14.5. The summed E-state index contributed by atoms with van der Waals surface area (Å²) in [5.41, 5.74) is 1.05. The monoisotopic (exact) mass is 829 g/mol. The Morgan fingerprint density at radius 2 is 1.59 bits per heavy atom. The van der Waals surface area contributed by atoms with Crippen molar-refractivity contribution in [1.29, 1.82) is 0 Å². The number of ketones is 1. The van der Waals surface area contributed by atoms with Gasteiger partial charge in [0.2, 0.25) is 0 Å². The molecule has 9 atom stereocenters. The lowest BCUT2D eigenvalue weighted by atomic mass is 9.84. The molecule has 3 aromatic rings. The van der Waals surface area contributed by atoms with Crippen molar-refractivity contribution in [2.45, 2.75) is 103 Å². The Kier molecular flexibility index (Phi) is 17.6. The van der Waals surface area contributed by atoms with E-state index in [1.807, 2.05) is 13.8 Å². The normalized spacial score (nSPS) is 25.5. The van der Waals surface area contributed by atoms with Gasteiger partial charge in [-0.25, -0.2) is 15.0 Å². The van der Waals surface area contributed by atoms with Crippen LogP contribution >= 0.6 is 0 Å². The molecule has 2 fully saturated rings. The van der Waals surface area contributed by atoms with E-state index in [2.05, 4.69) is 20.3 Å². The third-order valence-corrected chi connectivity index (χ3v) is 10.2. The number of aliphatic hydroxyl groups excluding tert-OH is 2. The van der Waals surface area contributed by atoms with Crippen LogP contribution in [0.4, 0.5) is 5.82 Å². The number of aliphatic hydroxyl groups is 2. The van der Waals surface area contributed by atoms with E-state index in [1.54, 1.807) is 34.9 Å². The molecule has 1 amide bonds. The van der Waals surface area contributed by atoms with Gasteiger partial charge in [0.1, 0.15) is 56.0 Å². The minimum atomic E-state index is -1.19. The van der Waals surface area contributed by atoms with Gasteiger partial charge in [-0.15, -0.1) is 0 Å². The van der Waals surface area contributed by atoms with Crippen LogP contribution < -0.4 is 5.32 Å². The lowest BCUT2D eigenvalue weighted by molar-refractivity contribution is -0.273. The van der Waals surface area contributed by atoms with E-state index in [0.717, 1.165) is 0 Å². The summed E-state index contributed by atoms with van der Waals surface area (Å²) in [6.07, 6.45) is -0.467. The molecular weight excluding hydrogens is 774 g/mol. The zero-order valence-electron chi connectivity index (χ0n) is 33.8. The summed E-state index contributed by atoms with van der Waals surface area (Å²) in [6, 6.07) is 8.65. The van der Waals surface area contributed by atoms with Crippen molar-refractivity contribution in [2.75, 3.05) is 51.8 Å². The zero-order chi connectivity index (χ0) is 42.3. The second kappa shape index (κ2) is 22.8. The van der Waals surface area contributed by atoms with Crippen LogP contribution in [0.3, 0.4) is 0 Å². The van der Waals surface area contributed by atoms with Gasteiger partial charge >= 0.3 is 11.9 Å². The highest BCUT2D eigenvalue weighted by Gasteiger charge is 2.46. The Labute approximate surface area is 342 Å². The Morgan fingerprint density at radius 1 is 0.831 bits per heavy atom. The standard InChI is InChI=1S/C40H55N5O14/c1-24-25(2)40(59-31(20-55-26(3)47)34(24)57-27(4)48)54-16-9-8-13-29(49)14-10-15-52-17-18-53-23-56-35-33(50)30(19-46)58-39(35)45-22-43-32-36(41-21-42-37(32)45)44-38(51)28-11-6-5-7-12-28/h5-7,11-12,21-22,24-25,30-31,33-35,39-40,46,50H,8-10,13-20,23H2,1-4H3,(H,41,42,44,51)/t24?,25?,30-,31?,33?,34?,35+,39-,40?/m1/s1. The van der Waals surface area contributed by atoms with Crippen molar-refractivity contribution >= 4 is 40.6 Å². The molecule has 2 aliphatic rings. The number of carbonyl (C=O) groups is 4. The first kappa shape index (κ1) is 45.6. The van der Waals surface area contributed by atoms with Gasteiger partial charge in [0.05, 0.1) is 26.1 Å². The number of amides is 1. The molecule has 0 spiro atoms. The van der Waals surface area contributed by atoms with Gasteiger partial charge in [-0.3, -0.25) is 23.7 Å². The van der Waals surface area contributed by atoms with Gasteiger partial charge in [-0.1, -0.05) is 32.0 Å². The molecule has 5 rings (SSSR count). The number of anilines is 1. The van der Waals surface area contributed by atoms with Crippen molar-refractivity contribution in [3.63, 3.8) is 0 Å². The maximum Gasteiger partial charge on any atom is 0.303 e. The number of ether oxygens (including phenoxy) is 8. The third-order valence-electron chi connectivity index (χ3n) is 10.2. The summed E-state index contributed by atoms with van der Waals surface area (Å²) in [5, 5.41) is 23.5. The first-order valence-electron chi connectivity index (χ1n) is 19.8. The first-order chi connectivity index (χ1) is 28.5. The Hall–Kier alpha value is -4.47. The van der Waals surface area contributed by atoms with Crippen molar-refractivity contribution in [1.82, 2.24) is 19.5 Å². The molecule has 0 bridgehead atoms. The van der Waals surface area contributed by atoms with E-state index < -0.39 is 61.6 Å². The number of hydrogen-bond acceptors (Lipinski definition) is 17. The number of hydrogen-bond donors (Lipinski definition) is 3. The van der Waals surface area contributed by atoms with Crippen LogP contribution in [0.15, 0.2) is 43.0 Å². The van der Waals surface area contributed by atoms with Crippen LogP contribution in [-0.2, 0) is 52.3 Å². The van der Waals surface area contributed by atoms with Crippen LogP contribution in [0.2, 0.25) is 0 Å². The minimum absolute atomic E-state index is 0.0526. The van der Waals surface area contributed by atoms with Crippen molar-refractivity contribution in [2.24, 2.45) is 11.8 Å². The van der Waals surface area contributed by atoms with Gasteiger partial charge in [-0.05, 0) is 31.4 Å². The highest BCUT2D eigenvalue weighted by atomic mass is 16.7. The molecule has 0 aliphatic carbocycles. The van der Waals surface area contributed by atoms with E-state index in [-0.39, 0.29) is 56.0 Å². The maximum absolute atomic E-state index is 12.8. The zero-order valence-corrected chi connectivity index (χ0v) is 33.8. The van der Waals surface area contributed by atoms with Crippen molar-refractivity contribution in [3.05, 3.63) is 48.5 Å². The summed E-state index contributed by atoms with van der Waals surface area (Å²) in [6.45, 7) is 7.00. The highest BCUT2D eigenvalue weighted by molar-refractivity contribution is 6.06. The smallest absolute Gasteiger partial charge is 0.303 e. The van der Waals surface area contributed by atoms with E-state index in [4.69, 9.17) is 37.9 Å². The van der Waals surface area contributed by atoms with Crippen molar-refractivity contribution < 1.29 is 67.3 Å². The second-order valence-corrected chi connectivity index (χ2v) is 14.5. The fourth-order valence-corrected chi connectivity index (χ4v) is 6.86. The average Bonchev–Trinajstić information content (AvgIpc) is 3.79. The minimum Gasteiger partial charge on any atom is -0.463 e. The number of fused-ring (bicyclic) bond motifs is 1. The Morgan fingerprint density at radius 3 is 2.34 bits per heavy atom. The van der Waals surface area contributed by atoms with E-state index in [0.29, 0.717) is 62.0 Å². The average molecular weight is 830 g/mol. The number of carbonyl (C=O) groups excluding carboxylic acids is 4. The van der Waals surface area contributed by atoms with Gasteiger partial charge in [-0.2, -0.15) is 0 Å². The summed E-state index contributed by atoms with van der Waals surface area (Å²) >= 11 is 0. The number of benzene rings is 1. The number of unbranched alkanes of at least 4 members (excludes halogenated alkanes) is 1. The Balaban J connectivity index is 0.955. The molecule has 1 aromatic carbocycles. The fraction of sp³-hybridized carbons (Fsp3) is 0.625. The predicted molar refractivity (Wildman–Crippen MR) is 206 cm³/mol. The van der Waals surface area contributed by atoms with E-state index in [1.165, 1.54) is 26.5 Å². The van der Waals surface area contributed by atoms with Crippen molar-refractivity contribution in [3.8, 4) is 0 Å². The van der Waals surface area contributed by atoms with Crippen LogP contribution in [0.1, 0.15) is 76.4 Å². The first-order valence-corrected chi connectivity index (χ1v) is 19.8. The Bertz CT molecular complexity index is 1810. The molecule has 19 heteroatoms. The number of Topliss-reactive ketones (excluding diaryl/α,β-unsaturated/α-hetero) is 1. The van der Waals surface area contributed by atoms with Crippen LogP contribution in [0, 0.1) is 11.8 Å². The number of aromatic nitrogens is 4. The summed E-state index contributed by atoms with van der Waals surface area (Å²) < 4.78 is 47.2. The molecule has 3 N–H and O–H groups in total. The van der Waals surface area contributed by atoms with Gasteiger partial charge in [0.25, 0.3) is 5.91 Å². The maximum atomic E-state index is 12.8. The SMILES string of the molecule is CC(=O)OCC1OC(OCCCCC(=O)CCCOCCOCO[C@H]2C(O)[C@@H](CO)O[C@H]2n2cnc3c(NC(=O)c4ccccc4)ncnc32)C(C)C(C)C1OC(C)=O. The fourth-order valence-electron chi connectivity index (χ4n) is 6.86. The largest absolute Gasteiger partial charge is 0.463 e. The molecule has 2 saturated heterocycles. The van der Waals surface area contributed by atoms with Crippen LogP contribution in [0.25, 0.3) is 11.2 Å². The lowest BCUT2D eigenvalue weighted by Crippen LogP contribution is -2.53. The predicted octanol–water partition coefficient (Wildman–Crippen LogP) is 2.73. The van der Waals surface area contributed by atoms with Crippen LogP contribution in [-0.4, -0.2) is 137 Å². The van der Waals surface area contributed by atoms with E-state index >= 15 is 0 Å². The number of esters is 2. The molecule has 19 nitrogen and oxygen atoms in total. The quantitative estimate of drug-likeness (QED) is 0.0707. The topological polar surface area (TPSA) is 238 Å². The molecule has 0 saturated carbocycles. The van der Waals surface area contributed by atoms with Gasteiger partial charge < -0.3 is 53.4 Å². The summed E-state index contributed by atoms with van der Waals surface area (Å²) in [5.74, 6) is -1.14. The summed E-state index contributed by atoms with van der Waals surface area (Å²) in [4.78, 5) is 61.1. The number of nitrogens with zero attached hydrogens (tertiary/aromatic N) is 4. The number of rotatable bonds is 23. The van der Waals surface area contributed by atoms with Gasteiger partial charge in [0.15, 0.2) is 29.5 Å². The molecule has 0 radical (unpaired) electrons. The molecule has 324 valence electrons. The molecule has 6 unspecified atom stereocenters.